The standard InChI is InChI=1S/C21H11F7S.C2H6/c22-18-16(19(23,24)21(27,28)20(18,25)26)14-11-15(12-7-3-1-4-8-12)29-17(14)13-9-5-2-6-10-13;1-2/h1-11H;1-2H3. The zero-order chi connectivity index (χ0) is 23.0. The van der Waals surface area contributed by atoms with Gasteiger partial charge in [-0.3, -0.25) is 0 Å². The van der Waals surface area contributed by atoms with E-state index in [1.807, 2.05) is 13.8 Å². The van der Waals surface area contributed by atoms with Crippen LogP contribution in [-0.4, -0.2) is 17.8 Å². The molecule has 0 aliphatic heterocycles. The van der Waals surface area contributed by atoms with Gasteiger partial charge in [-0.25, -0.2) is 4.39 Å². The van der Waals surface area contributed by atoms with E-state index in [0.717, 1.165) is 17.4 Å². The van der Waals surface area contributed by atoms with Crippen molar-refractivity contribution in [1.82, 2.24) is 0 Å². The molecule has 0 bridgehead atoms. The summed E-state index contributed by atoms with van der Waals surface area (Å²) in [4.78, 5) is 0.358. The third-order valence-corrected chi connectivity index (χ3v) is 5.93. The summed E-state index contributed by atoms with van der Waals surface area (Å²) < 4.78 is 98.2. The fourth-order valence-corrected chi connectivity index (χ4v) is 4.38. The van der Waals surface area contributed by atoms with E-state index in [-0.39, 0.29) is 4.88 Å². The predicted octanol–water partition coefficient (Wildman–Crippen LogP) is 8.71. The van der Waals surface area contributed by atoms with Crippen molar-refractivity contribution in [2.75, 3.05) is 0 Å². The number of halogens is 7. The first-order valence-corrected chi connectivity index (χ1v) is 10.2. The molecule has 8 heteroatoms. The van der Waals surface area contributed by atoms with E-state index in [1.165, 1.54) is 12.1 Å². The first-order valence-electron chi connectivity index (χ1n) is 9.38. The topological polar surface area (TPSA) is 0 Å². The van der Waals surface area contributed by atoms with Gasteiger partial charge in [-0.15, -0.1) is 11.3 Å². The molecule has 1 aromatic heterocycles. The molecule has 0 spiro atoms. The van der Waals surface area contributed by atoms with Gasteiger partial charge >= 0.3 is 17.8 Å². The molecule has 0 nitrogen and oxygen atoms in total. The van der Waals surface area contributed by atoms with Crippen LogP contribution >= 0.6 is 11.3 Å². The molecule has 31 heavy (non-hydrogen) atoms. The van der Waals surface area contributed by atoms with Gasteiger partial charge in [0.05, 0.1) is 5.57 Å². The summed E-state index contributed by atoms with van der Waals surface area (Å²) >= 11 is 0.932. The Morgan fingerprint density at radius 3 is 1.61 bits per heavy atom. The molecule has 1 aliphatic rings. The second-order valence-corrected chi connectivity index (χ2v) is 7.55. The molecule has 0 saturated heterocycles. The summed E-state index contributed by atoms with van der Waals surface area (Å²) in [6, 6.07) is 17.2. The van der Waals surface area contributed by atoms with Crippen LogP contribution in [0, 0.1) is 0 Å². The normalized spacial score (nSPS) is 18.5. The van der Waals surface area contributed by atoms with E-state index in [4.69, 9.17) is 0 Å². The highest BCUT2D eigenvalue weighted by molar-refractivity contribution is 7.19. The predicted molar refractivity (Wildman–Crippen MR) is 109 cm³/mol. The second kappa shape index (κ2) is 8.15. The molecular weight excluding hydrogens is 441 g/mol. The number of benzene rings is 2. The molecule has 2 aromatic carbocycles. The zero-order valence-corrected chi connectivity index (χ0v) is 17.2. The van der Waals surface area contributed by atoms with Crippen LogP contribution in [0.15, 0.2) is 72.6 Å². The van der Waals surface area contributed by atoms with Crippen LogP contribution in [0.3, 0.4) is 0 Å². The highest BCUT2D eigenvalue weighted by Gasteiger charge is 2.81. The molecular formula is C23H17F7S. The Morgan fingerprint density at radius 1 is 0.677 bits per heavy atom. The molecule has 3 aromatic rings. The maximum Gasteiger partial charge on any atom is 0.383 e. The SMILES string of the molecule is CC.FC1=C(c2cc(-c3ccccc3)sc2-c2ccccc2)C(F)(F)C(F)(F)C1(F)F. The first-order chi connectivity index (χ1) is 14.6. The maximum absolute atomic E-state index is 14.4. The lowest BCUT2D eigenvalue weighted by atomic mass is 9.97. The quantitative estimate of drug-likeness (QED) is 0.344. The summed E-state index contributed by atoms with van der Waals surface area (Å²) in [6.45, 7) is 4.00. The van der Waals surface area contributed by atoms with Gasteiger partial charge in [0.25, 0.3) is 0 Å². The van der Waals surface area contributed by atoms with Gasteiger partial charge in [0.15, 0.2) is 5.83 Å². The van der Waals surface area contributed by atoms with Crippen LogP contribution in [-0.2, 0) is 0 Å². The van der Waals surface area contributed by atoms with Crippen LogP contribution in [0.2, 0.25) is 0 Å². The first kappa shape index (κ1) is 23.1. The molecule has 0 amide bonds. The highest BCUT2D eigenvalue weighted by Crippen LogP contribution is 2.63. The Kier molecular flexibility index (Phi) is 6.06. The summed E-state index contributed by atoms with van der Waals surface area (Å²) in [6.07, 6.45) is 0. The van der Waals surface area contributed by atoms with E-state index in [0.29, 0.717) is 16.0 Å². The van der Waals surface area contributed by atoms with Crippen molar-refractivity contribution in [3.8, 4) is 20.9 Å². The molecule has 0 radical (unpaired) electrons. The molecule has 0 unspecified atom stereocenters. The van der Waals surface area contributed by atoms with Crippen molar-refractivity contribution in [1.29, 1.82) is 0 Å². The van der Waals surface area contributed by atoms with Gasteiger partial charge < -0.3 is 0 Å². The Labute approximate surface area is 178 Å². The fourth-order valence-electron chi connectivity index (χ4n) is 3.20. The van der Waals surface area contributed by atoms with E-state index in [2.05, 4.69) is 0 Å². The number of alkyl halides is 6. The van der Waals surface area contributed by atoms with Gasteiger partial charge in [0.2, 0.25) is 0 Å². The minimum Gasteiger partial charge on any atom is -0.204 e. The lowest BCUT2D eigenvalue weighted by Gasteiger charge is -2.24. The van der Waals surface area contributed by atoms with Crippen LogP contribution in [0.1, 0.15) is 19.4 Å². The molecule has 1 aliphatic carbocycles. The van der Waals surface area contributed by atoms with Crippen molar-refractivity contribution in [3.05, 3.63) is 78.1 Å². The van der Waals surface area contributed by atoms with Crippen molar-refractivity contribution < 1.29 is 30.7 Å². The maximum atomic E-state index is 14.4. The average molecular weight is 458 g/mol. The van der Waals surface area contributed by atoms with Gasteiger partial charge in [-0.05, 0) is 17.2 Å². The Hall–Kier alpha value is -2.61. The van der Waals surface area contributed by atoms with Crippen molar-refractivity contribution >= 4 is 16.9 Å². The smallest absolute Gasteiger partial charge is 0.204 e. The highest BCUT2D eigenvalue weighted by atomic mass is 32.1. The van der Waals surface area contributed by atoms with E-state index in [1.54, 1.807) is 48.5 Å². The van der Waals surface area contributed by atoms with E-state index < -0.39 is 34.7 Å². The van der Waals surface area contributed by atoms with Crippen molar-refractivity contribution in [3.63, 3.8) is 0 Å². The van der Waals surface area contributed by atoms with Gasteiger partial charge in [0, 0.05) is 15.3 Å². The van der Waals surface area contributed by atoms with Crippen LogP contribution in [0.4, 0.5) is 30.7 Å². The lowest BCUT2D eigenvalue weighted by Crippen LogP contribution is -2.48. The minimum atomic E-state index is -5.87. The van der Waals surface area contributed by atoms with Gasteiger partial charge in [0.1, 0.15) is 0 Å². The summed E-state index contributed by atoms with van der Waals surface area (Å²) in [5.41, 5.74) is -1.75. The summed E-state index contributed by atoms with van der Waals surface area (Å²) in [7, 11) is 0. The monoisotopic (exact) mass is 458 g/mol. The van der Waals surface area contributed by atoms with Crippen LogP contribution in [0.25, 0.3) is 26.5 Å². The van der Waals surface area contributed by atoms with Crippen molar-refractivity contribution in [2.45, 2.75) is 31.6 Å². The van der Waals surface area contributed by atoms with Gasteiger partial charge in [-0.2, -0.15) is 26.3 Å². The number of hydrogen-bond acceptors (Lipinski definition) is 1. The third-order valence-electron chi connectivity index (χ3n) is 4.69. The largest absolute Gasteiger partial charge is 0.383 e. The molecule has 0 fully saturated rings. The Morgan fingerprint density at radius 2 is 1.16 bits per heavy atom. The lowest BCUT2D eigenvalue weighted by molar-refractivity contribution is -0.263. The summed E-state index contributed by atoms with van der Waals surface area (Å²) in [5, 5.41) is 0. The number of thiophene rings is 1. The Bertz CT molecular complexity index is 1080. The van der Waals surface area contributed by atoms with E-state index >= 15 is 0 Å². The fraction of sp³-hybridized carbons (Fsp3) is 0.217. The molecule has 4 rings (SSSR count). The second-order valence-electron chi connectivity index (χ2n) is 6.50. The number of hydrogen-bond donors (Lipinski definition) is 0. The zero-order valence-electron chi connectivity index (χ0n) is 16.4. The molecule has 164 valence electrons. The van der Waals surface area contributed by atoms with Crippen molar-refractivity contribution in [2.24, 2.45) is 0 Å². The molecule has 0 saturated carbocycles. The van der Waals surface area contributed by atoms with Crippen LogP contribution < -0.4 is 0 Å². The van der Waals surface area contributed by atoms with E-state index in [9.17, 15) is 30.7 Å². The summed E-state index contributed by atoms with van der Waals surface area (Å²) in [5.74, 6) is -19.7. The molecule has 1 heterocycles. The third kappa shape index (κ3) is 3.46. The number of rotatable bonds is 3. The number of allylic oxidation sites excluding steroid dienone is 2. The van der Waals surface area contributed by atoms with Crippen LogP contribution in [0.5, 0.6) is 0 Å². The van der Waals surface area contributed by atoms with Gasteiger partial charge in [-0.1, -0.05) is 74.5 Å². The molecule has 0 N–H and O–H groups in total. The molecule has 0 atom stereocenters. The minimum absolute atomic E-state index is 0.00257. The average Bonchev–Trinajstić information content (AvgIpc) is 3.23. The Balaban J connectivity index is 0.00000132.